The Hall–Kier alpha value is -3.08. The average Bonchev–Trinajstić information content (AvgIpc) is 2.73. The molecule has 27 heavy (non-hydrogen) atoms. The molecule has 0 saturated carbocycles. The van der Waals surface area contributed by atoms with Crippen molar-refractivity contribution in [1.82, 2.24) is 9.97 Å². The molecule has 0 atom stereocenters. The monoisotopic (exact) mass is 362 g/mol. The first-order valence-corrected chi connectivity index (χ1v) is 9.33. The van der Waals surface area contributed by atoms with Gasteiger partial charge in [-0.05, 0) is 30.5 Å². The molecule has 3 aromatic rings. The maximum Gasteiger partial charge on any atom is 0.225 e. The van der Waals surface area contributed by atoms with Crippen molar-refractivity contribution in [2.75, 3.05) is 30.8 Å². The van der Waals surface area contributed by atoms with E-state index in [0.29, 0.717) is 5.95 Å². The van der Waals surface area contributed by atoms with Crippen LogP contribution < -0.4 is 15.4 Å². The topological polar surface area (TPSA) is 59.1 Å². The van der Waals surface area contributed by atoms with Crippen molar-refractivity contribution in [3.63, 3.8) is 0 Å². The van der Waals surface area contributed by atoms with E-state index < -0.39 is 0 Å². The molecule has 0 spiro atoms. The van der Waals surface area contributed by atoms with E-state index in [2.05, 4.69) is 51.8 Å². The first-order valence-electron chi connectivity index (χ1n) is 9.33. The van der Waals surface area contributed by atoms with Gasteiger partial charge in [-0.1, -0.05) is 49.4 Å². The quantitative estimate of drug-likeness (QED) is 0.581. The van der Waals surface area contributed by atoms with Crippen LogP contribution >= 0.6 is 0 Å². The number of rotatable bonds is 9. The minimum Gasteiger partial charge on any atom is -0.497 e. The molecule has 0 aliphatic rings. The third kappa shape index (κ3) is 5.45. The molecule has 0 unspecified atom stereocenters. The molecule has 1 aromatic heterocycles. The third-order valence-corrected chi connectivity index (χ3v) is 4.18. The molecule has 0 bridgehead atoms. The highest BCUT2D eigenvalue weighted by molar-refractivity contribution is 5.64. The van der Waals surface area contributed by atoms with Crippen molar-refractivity contribution in [3.05, 3.63) is 66.2 Å². The van der Waals surface area contributed by atoms with Crippen molar-refractivity contribution in [3.8, 4) is 17.0 Å². The predicted molar refractivity (Wildman–Crippen MR) is 111 cm³/mol. The first-order chi connectivity index (χ1) is 13.3. The summed E-state index contributed by atoms with van der Waals surface area (Å²) in [5, 5.41) is 6.71. The van der Waals surface area contributed by atoms with Crippen LogP contribution in [-0.4, -0.2) is 30.2 Å². The standard InChI is InChI=1S/C22H26N4O/c1-3-13-23-21-16-20(18-9-5-4-6-10-18)25-22(26-21)24-14-12-17-8-7-11-19(15-17)27-2/h4-11,15-16H,3,12-14H2,1-2H3,(H2,23,24,25,26). The summed E-state index contributed by atoms with van der Waals surface area (Å²) in [6, 6.07) is 20.3. The zero-order chi connectivity index (χ0) is 18.9. The van der Waals surface area contributed by atoms with Gasteiger partial charge in [0.05, 0.1) is 12.8 Å². The molecule has 0 radical (unpaired) electrons. The van der Waals surface area contributed by atoms with Crippen molar-refractivity contribution in [2.45, 2.75) is 19.8 Å². The molecule has 140 valence electrons. The Bertz CT molecular complexity index is 852. The highest BCUT2D eigenvalue weighted by Crippen LogP contribution is 2.21. The Morgan fingerprint density at radius 2 is 1.74 bits per heavy atom. The van der Waals surface area contributed by atoms with Crippen LogP contribution in [0.1, 0.15) is 18.9 Å². The summed E-state index contributed by atoms with van der Waals surface area (Å²) in [7, 11) is 1.69. The zero-order valence-corrected chi connectivity index (χ0v) is 15.9. The van der Waals surface area contributed by atoms with Crippen LogP contribution in [0.15, 0.2) is 60.7 Å². The second-order valence-electron chi connectivity index (χ2n) is 6.28. The highest BCUT2D eigenvalue weighted by Gasteiger charge is 2.06. The second kappa shape index (κ2) is 9.57. The van der Waals surface area contributed by atoms with E-state index in [9.17, 15) is 0 Å². The molecule has 5 heteroatoms. The molecule has 5 nitrogen and oxygen atoms in total. The van der Waals surface area contributed by atoms with Gasteiger partial charge in [-0.25, -0.2) is 4.98 Å². The van der Waals surface area contributed by atoms with E-state index in [1.165, 1.54) is 5.56 Å². The van der Waals surface area contributed by atoms with E-state index in [-0.39, 0.29) is 0 Å². The number of ether oxygens (including phenoxy) is 1. The second-order valence-corrected chi connectivity index (χ2v) is 6.28. The fourth-order valence-electron chi connectivity index (χ4n) is 2.77. The largest absolute Gasteiger partial charge is 0.497 e. The van der Waals surface area contributed by atoms with Gasteiger partial charge in [-0.15, -0.1) is 0 Å². The van der Waals surface area contributed by atoms with Crippen LogP contribution in [0.2, 0.25) is 0 Å². The SMILES string of the molecule is CCCNc1cc(-c2ccccc2)nc(NCCc2cccc(OC)c2)n1. The Labute approximate surface area is 160 Å². The molecule has 0 aliphatic heterocycles. The lowest BCUT2D eigenvalue weighted by Crippen LogP contribution is -2.11. The van der Waals surface area contributed by atoms with Crippen molar-refractivity contribution in [1.29, 1.82) is 0 Å². The first kappa shape index (κ1) is 18.7. The molecule has 0 aliphatic carbocycles. The fourth-order valence-corrected chi connectivity index (χ4v) is 2.77. The molecule has 2 aromatic carbocycles. The van der Waals surface area contributed by atoms with Gasteiger partial charge in [-0.3, -0.25) is 0 Å². The van der Waals surface area contributed by atoms with Gasteiger partial charge >= 0.3 is 0 Å². The van der Waals surface area contributed by atoms with Crippen LogP contribution in [0.5, 0.6) is 5.75 Å². The van der Waals surface area contributed by atoms with E-state index in [4.69, 9.17) is 4.74 Å². The number of anilines is 2. The minimum atomic E-state index is 0.637. The Morgan fingerprint density at radius 1 is 0.889 bits per heavy atom. The summed E-state index contributed by atoms with van der Waals surface area (Å²) < 4.78 is 5.28. The van der Waals surface area contributed by atoms with Gasteiger partial charge in [0.1, 0.15) is 11.6 Å². The van der Waals surface area contributed by atoms with Gasteiger partial charge in [0.15, 0.2) is 0 Å². The smallest absolute Gasteiger partial charge is 0.225 e. The number of benzene rings is 2. The van der Waals surface area contributed by atoms with E-state index in [1.807, 2.05) is 36.4 Å². The van der Waals surface area contributed by atoms with Crippen molar-refractivity contribution >= 4 is 11.8 Å². The number of hydrogen-bond donors (Lipinski definition) is 2. The Morgan fingerprint density at radius 3 is 2.52 bits per heavy atom. The van der Waals surface area contributed by atoms with Crippen LogP contribution in [0.4, 0.5) is 11.8 Å². The molecule has 0 saturated heterocycles. The highest BCUT2D eigenvalue weighted by atomic mass is 16.5. The van der Waals surface area contributed by atoms with Crippen LogP contribution in [0.25, 0.3) is 11.3 Å². The number of aromatic nitrogens is 2. The Balaban J connectivity index is 1.73. The van der Waals surface area contributed by atoms with Crippen LogP contribution in [-0.2, 0) is 6.42 Å². The number of nitrogens with zero attached hydrogens (tertiary/aromatic N) is 2. The van der Waals surface area contributed by atoms with Gasteiger partial charge in [0.25, 0.3) is 0 Å². The Kier molecular flexibility index (Phi) is 6.63. The number of hydrogen-bond acceptors (Lipinski definition) is 5. The van der Waals surface area contributed by atoms with Gasteiger partial charge in [-0.2, -0.15) is 4.98 Å². The van der Waals surface area contributed by atoms with Gasteiger partial charge in [0, 0.05) is 24.7 Å². The summed E-state index contributed by atoms with van der Waals surface area (Å²) in [6.45, 7) is 3.77. The maximum atomic E-state index is 5.28. The normalized spacial score (nSPS) is 10.4. The third-order valence-electron chi connectivity index (χ3n) is 4.18. The van der Waals surface area contributed by atoms with E-state index in [1.54, 1.807) is 7.11 Å². The molecule has 0 amide bonds. The molecular formula is C22H26N4O. The van der Waals surface area contributed by atoms with Gasteiger partial charge in [0.2, 0.25) is 5.95 Å². The molecule has 2 N–H and O–H groups in total. The summed E-state index contributed by atoms with van der Waals surface area (Å²) in [6.07, 6.45) is 1.91. The summed E-state index contributed by atoms with van der Waals surface area (Å²) in [5.41, 5.74) is 3.20. The molecule has 3 rings (SSSR count). The lowest BCUT2D eigenvalue weighted by molar-refractivity contribution is 0.414. The van der Waals surface area contributed by atoms with E-state index >= 15 is 0 Å². The molecule has 1 heterocycles. The molecule has 0 fully saturated rings. The van der Waals surface area contributed by atoms with Crippen LogP contribution in [0.3, 0.4) is 0 Å². The fraction of sp³-hybridized carbons (Fsp3) is 0.273. The number of nitrogens with one attached hydrogen (secondary N) is 2. The lowest BCUT2D eigenvalue weighted by Gasteiger charge is -2.11. The van der Waals surface area contributed by atoms with E-state index in [0.717, 1.165) is 48.8 Å². The van der Waals surface area contributed by atoms with Gasteiger partial charge < -0.3 is 15.4 Å². The zero-order valence-electron chi connectivity index (χ0n) is 15.9. The summed E-state index contributed by atoms with van der Waals surface area (Å²) in [4.78, 5) is 9.29. The van der Waals surface area contributed by atoms with Crippen molar-refractivity contribution < 1.29 is 4.74 Å². The lowest BCUT2D eigenvalue weighted by atomic mass is 10.1. The maximum absolute atomic E-state index is 5.28. The van der Waals surface area contributed by atoms with Crippen molar-refractivity contribution in [2.24, 2.45) is 0 Å². The number of methoxy groups -OCH3 is 1. The van der Waals surface area contributed by atoms with Crippen LogP contribution in [0, 0.1) is 0 Å². The molecular weight excluding hydrogens is 336 g/mol. The minimum absolute atomic E-state index is 0.637. The summed E-state index contributed by atoms with van der Waals surface area (Å²) in [5.74, 6) is 2.35. The average molecular weight is 362 g/mol. The summed E-state index contributed by atoms with van der Waals surface area (Å²) >= 11 is 0. The predicted octanol–water partition coefficient (Wildman–Crippen LogP) is 4.63.